The van der Waals surface area contributed by atoms with E-state index in [1.165, 1.54) is 0 Å². The quantitative estimate of drug-likeness (QED) is 0.805. The first-order valence-electron chi connectivity index (χ1n) is 5.04. The third-order valence-electron chi connectivity index (χ3n) is 2.37. The number of benzene rings is 1. The van der Waals surface area contributed by atoms with Gasteiger partial charge in [-0.25, -0.2) is 0 Å². The van der Waals surface area contributed by atoms with Gasteiger partial charge in [-0.3, -0.25) is 4.98 Å². The van der Waals surface area contributed by atoms with Crippen LogP contribution >= 0.6 is 0 Å². The van der Waals surface area contributed by atoms with Crippen molar-refractivity contribution in [3.8, 4) is 11.3 Å². The molecule has 1 atom stereocenters. The number of aromatic nitrogens is 1. The highest BCUT2D eigenvalue weighted by Crippen LogP contribution is 2.20. The molecule has 0 aliphatic carbocycles. The molecule has 0 radical (unpaired) electrons. The molecular formula is C13H14N2. The largest absolute Gasteiger partial charge is 0.324 e. The smallest absolute Gasteiger partial charge is 0.0702 e. The minimum atomic E-state index is 0.0636. The van der Waals surface area contributed by atoms with Crippen molar-refractivity contribution in [2.45, 2.75) is 13.0 Å². The Morgan fingerprint density at radius 2 is 2.00 bits per heavy atom. The zero-order valence-corrected chi connectivity index (χ0v) is 8.72. The van der Waals surface area contributed by atoms with Crippen LogP contribution in [0.5, 0.6) is 0 Å². The summed E-state index contributed by atoms with van der Waals surface area (Å²) in [5.41, 5.74) is 9.08. The number of hydrogen-bond acceptors (Lipinski definition) is 2. The highest BCUT2D eigenvalue weighted by atomic mass is 14.7. The molecule has 15 heavy (non-hydrogen) atoms. The van der Waals surface area contributed by atoms with E-state index in [1.54, 1.807) is 6.20 Å². The van der Waals surface area contributed by atoms with Crippen LogP contribution in [0.15, 0.2) is 48.7 Å². The van der Waals surface area contributed by atoms with Gasteiger partial charge >= 0.3 is 0 Å². The van der Waals surface area contributed by atoms with Crippen LogP contribution in [-0.4, -0.2) is 4.98 Å². The number of hydrogen-bond donors (Lipinski definition) is 1. The van der Waals surface area contributed by atoms with E-state index in [1.807, 2.05) is 43.3 Å². The minimum absolute atomic E-state index is 0.0636. The van der Waals surface area contributed by atoms with E-state index < -0.39 is 0 Å². The first-order chi connectivity index (χ1) is 7.27. The highest BCUT2D eigenvalue weighted by molar-refractivity contribution is 5.59. The Bertz CT molecular complexity index is 435. The average molecular weight is 198 g/mol. The molecule has 0 saturated carbocycles. The van der Waals surface area contributed by atoms with E-state index in [2.05, 4.69) is 11.1 Å². The normalized spacial score (nSPS) is 12.4. The van der Waals surface area contributed by atoms with Gasteiger partial charge in [-0.05, 0) is 30.7 Å². The van der Waals surface area contributed by atoms with E-state index in [9.17, 15) is 0 Å². The molecule has 0 amide bonds. The maximum Gasteiger partial charge on any atom is 0.0702 e. The maximum atomic E-state index is 5.84. The summed E-state index contributed by atoms with van der Waals surface area (Å²) in [7, 11) is 0. The lowest BCUT2D eigenvalue weighted by atomic mass is 10.0. The van der Waals surface area contributed by atoms with Gasteiger partial charge in [0, 0.05) is 17.8 Å². The Balaban J connectivity index is 2.42. The molecule has 0 saturated heterocycles. The van der Waals surface area contributed by atoms with E-state index in [4.69, 9.17) is 5.73 Å². The summed E-state index contributed by atoms with van der Waals surface area (Å²) in [5, 5.41) is 0. The van der Waals surface area contributed by atoms with Crippen molar-refractivity contribution in [3.05, 3.63) is 54.2 Å². The monoisotopic (exact) mass is 198 g/mol. The van der Waals surface area contributed by atoms with Crippen LogP contribution in [0.4, 0.5) is 0 Å². The van der Waals surface area contributed by atoms with Crippen LogP contribution < -0.4 is 5.73 Å². The summed E-state index contributed by atoms with van der Waals surface area (Å²) >= 11 is 0. The van der Waals surface area contributed by atoms with Crippen molar-refractivity contribution in [3.63, 3.8) is 0 Å². The Labute approximate surface area is 89.8 Å². The summed E-state index contributed by atoms with van der Waals surface area (Å²) in [6.07, 6.45) is 1.80. The van der Waals surface area contributed by atoms with Gasteiger partial charge in [-0.15, -0.1) is 0 Å². The Kier molecular flexibility index (Phi) is 2.79. The summed E-state index contributed by atoms with van der Waals surface area (Å²) in [5.74, 6) is 0. The molecule has 0 aliphatic heterocycles. The number of rotatable bonds is 2. The van der Waals surface area contributed by atoms with Crippen molar-refractivity contribution in [2.24, 2.45) is 5.73 Å². The van der Waals surface area contributed by atoms with Crippen molar-refractivity contribution >= 4 is 0 Å². The van der Waals surface area contributed by atoms with Crippen LogP contribution in [0.3, 0.4) is 0 Å². The number of nitrogens with zero attached hydrogens (tertiary/aromatic N) is 1. The zero-order valence-electron chi connectivity index (χ0n) is 8.72. The van der Waals surface area contributed by atoms with Crippen LogP contribution in [-0.2, 0) is 0 Å². The van der Waals surface area contributed by atoms with Gasteiger partial charge in [0.15, 0.2) is 0 Å². The van der Waals surface area contributed by atoms with Crippen LogP contribution in [0.25, 0.3) is 11.3 Å². The van der Waals surface area contributed by atoms with Crippen LogP contribution in [0, 0.1) is 0 Å². The van der Waals surface area contributed by atoms with Gasteiger partial charge in [0.1, 0.15) is 0 Å². The van der Waals surface area contributed by atoms with Crippen LogP contribution in [0.2, 0.25) is 0 Å². The average Bonchev–Trinajstić information content (AvgIpc) is 2.30. The molecule has 1 aromatic carbocycles. The lowest BCUT2D eigenvalue weighted by Crippen LogP contribution is -2.04. The predicted molar refractivity (Wildman–Crippen MR) is 62.3 cm³/mol. The van der Waals surface area contributed by atoms with E-state index >= 15 is 0 Å². The molecule has 0 fully saturated rings. The zero-order chi connectivity index (χ0) is 10.7. The van der Waals surface area contributed by atoms with Gasteiger partial charge in [0.2, 0.25) is 0 Å². The van der Waals surface area contributed by atoms with E-state index in [0.717, 1.165) is 16.8 Å². The molecule has 76 valence electrons. The van der Waals surface area contributed by atoms with E-state index in [0.29, 0.717) is 0 Å². The Hall–Kier alpha value is -1.67. The van der Waals surface area contributed by atoms with E-state index in [-0.39, 0.29) is 6.04 Å². The molecule has 1 heterocycles. The molecule has 1 aromatic heterocycles. The number of pyridine rings is 1. The molecule has 2 N–H and O–H groups in total. The lowest BCUT2D eigenvalue weighted by Gasteiger charge is -2.07. The molecule has 0 aliphatic rings. The minimum Gasteiger partial charge on any atom is -0.324 e. The van der Waals surface area contributed by atoms with Crippen molar-refractivity contribution in [2.75, 3.05) is 0 Å². The summed E-state index contributed by atoms with van der Waals surface area (Å²) in [6.45, 7) is 1.98. The van der Waals surface area contributed by atoms with Gasteiger partial charge in [0.05, 0.1) is 5.69 Å². The van der Waals surface area contributed by atoms with Crippen molar-refractivity contribution < 1.29 is 0 Å². The topological polar surface area (TPSA) is 38.9 Å². The highest BCUT2D eigenvalue weighted by Gasteiger charge is 2.02. The summed E-state index contributed by atoms with van der Waals surface area (Å²) in [6, 6.07) is 14.2. The summed E-state index contributed by atoms with van der Waals surface area (Å²) in [4.78, 5) is 4.31. The van der Waals surface area contributed by atoms with Crippen LogP contribution in [0.1, 0.15) is 18.5 Å². The summed E-state index contributed by atoms with van der Waals surface area (Å²) < 4.78 is 0. The first kappa shape index (κ1) is 9.87. The van der Waals surface area contributed by atoms with Crippen molar-refractivity contribution in [1.29, 1.82) is 0 Å². The standard InChI is InChI=1S/C13H14N2/c1-10(14)11-5-4-6-12(9-11)13-7-2-3-8-15-13/h2-10H,14H2,1H3. The number of nitrogens with two attached hydrogens (primary N) is 1. The Morgan fingerprint density at radius 3 is 2.67 bits per heavy atom. The molecule has 2 nitrogen and oxygen atoms in total. The van der Waals surface area contributed by atoms with Gasteiger partial charge < -0.3 is 5.73 Å². The first-order valence-corrected chi connectivity index (χ1v) is 5.04. The Morgan fingerprint density at radius 1 is 1.13 bits per heavy atom. The third kappa shape index (κ3) is 2.22. The fourth-order valence-electron chi connectivity index (χ4n) is 1.51. The van der Waals surface area contributed by atoms with Gasteiger partial charge in [-0.2, -0.15) is 0 Å². The fourth-order valence-corrected chi connectivity index (χ4v) is 1.51. The molecule has 2 rings (SSSR count). The molecule has 2 heteroatoms. The second-order valence-corrected chi connectivity index (χ2v) is 3.63. The molecular weight excluding hydrogens is 184 g/mol. The molecule has 0 spiro atoms. The molecule has 2 aromatic rings. The van der Waals surface area contributed by atoms with Crippen molar-refractivity contribution in [1.82, 2.24) is 4.98 Å². The second kappa shape index (κ2) is 4.24. The SMILES string of the molecule is CC(N)c1cccc(-c2ccccn2)c1. The molecule has 0 bridgehead atoms. The maximum absolute atomic E-state index is 5.84. The molecule has 1 unspecified atom stereocenters. The van der Waals surface area contributed by atoms with Gasteiger partial charge in [-0.1, -0.05) is 24.3 Å². The van der Waals surface area contributed by atoms with Gasteiger partial charge in [0.25, 0.3) is 0 Å². The second-order valence-electron chi connectivity index (χ2n) is 3.63. The fraction of sp³-hybridized carbons (Fsp3) is 0.154. The predicted octanol–water partition coefficient (Wildman–Crippen LogP) is 2.77. The lowest BCUT2D eigenvalue weighted by molar-refractivity contribution is 0.818. The third-order valence-corrected chi connectivity index (χ3v) is 2.37.